The number of anilines is 1. The molecule has 3 heterocycles. The van der Waals surface area contributed by atoms with Crippen molar-refractivity contribution in [1.82, 2.24) is 15.1 Å². The van der Waals surface area contributed by atoms with Gasteiger partial charge in [-0.3, -0.25) is 10.00 Å². The maximum atomic E-state index is 5.43. The molecule has 5 nitrogen and oxygen atoms in total. The molecule has 1 N–H and O–H groups in total. The predicted octanol–water partition coefficient (Wildman–Crippen LogP) is 2.19. The number of ether oxygens (including phenoxy) is 1. The molecule has 4 rings (SSSR count). The Hall–Kier alpha value is -1.85. The molecule has 0 bridgehead atoms. The summed E-state index contributed by atoms with van der Waals surface area (Å²) in [5.74, 6) is 0. The van der Waals surface area contributed by atoms with E-state index in [1.54, 1.807) is 0 Å². The minimum atomic E-state index is 0.858. The van der Waals surface area contributed by atoms with Crippen LogP contribution >= 0.6 is 0 Å². The largest absolute Gasteiger partial charge is 0.379 e. The zero-order chi connectivity index (χ0) is 15.5. The fourth-order valence-electron chi connectivity index (χ4n) is 3.56. The highest BCUT2D eigenvalue weighted by molar-refractivity contribution is 5.51. The predicted molar refractivity (Wildman–Crippen MR) is 90.5 cm³/mol. The lowest BCUT2D eigenvalue weighted by Crippen LogP contribution is -2.35. The zero-order valence-corrected chi connectivity index (χ0v) is 13.5. The van der Waals surface area contributed by atoms with Crippen molar-refractivity contribution in [2.75, 3.05) is 37.7 Å². The van der Waals surface area contributed by atoms with E-state index in [-0.39, 0.29) is 0 Å². The smallest absolute Gasteiger partial charge is 0.0785 e. The standard InChI is InChI=1S/C18H24N4O/c1-3-15(13-21-7-9-23-10-8-21)11-16(4-1)14-22-6-2-5-17-18(22)12-19-20-17/h1,3-4,11-12H,2,5-10,13-14H2,(H,19,20). The first kappa shape index (κ1) is 14.7. The third kappa shape index (κ3) is 3.41. The summed E-state index contributed by atoms with van der Waals surface area (Å²) in [4.78, 5) is 4.91. The normalized spacial score (nSPS) is 18.9. The number of H-pyrrole nitrogens is 1. The van der Waals surface area contributed by atoms with E-state index in [0.29, 0.717) is 0 Å². The van der Waals surface area contributed by atoms with Gasteiger partial charge in [-0.25, -0.2) is 0 Å². The number of nitrogens with one attached hydrogen (secondary N) is 1. The Morgan fingerprint density at radius 2 is 1.91 bits per heavy atom. The van der Waals surface area contributed by atoms with Crippen molar-refractivity contribution < 1.29 is 4.74 Å². The maximum absolute atomic E-state index is 5.43. The van der Waals surface area contributed by atoms with Gasteiger partial charge in [0.15, 0.2) is 0 Å². The van der Waals surface area contributed by atoms with E-state index < -0.39 is 0 Å². The second-order valence-corrected chi connectivity index (χ2v) is 6.47. The third-order valence-corrected chi connectivity index (χ3v) is 4.77. The minimum absolute atomic E-state index is 0.858. The van der Waals surface area contributed by atoms with Gasteiger partial charge in [0.05, 0.1) is 30.8 Å². The van der Waals surface area contributed by atoms with E-state index in [9.17, 15) is 0 Å². The van der Waals surface area contributed by atoms with E-state index in [1.165, 1.54) is 28.9 Å². The van der Waals surface area contributed by atoms with Crippen LogP contribution in [0, 0.1) is 0 Å². The van der Waals surface area contributed by atoms with Crippen molar-refractivity contribution in [3.8, 4) is 0 Å². The van der Waals surface area contributed by atoms with Crippen molar-refractivity contribution in [2.24, 2.45) is 0 Å². The van der Waals surface area contributed by atoms with Crippen LogP contribution in [0.2, 0.25) is 0 Å². The van der Waals surface area contributed by atoms with Gasteiger partial charge in [0.1, 0.15) is 0 Å². The van der Waals surface area contributed by atoms with Crippen LogP contribution in [-0.4, -0.2) is 47.9 Å². The van der Waals surface area contributed by atoms with Gasteiger partial charge in [0.2, 0.25) is 0 Å². The third-order valence-electron chi connectivity index (χ3n) is 4.77. The number of aromatic amines is 1. The van der Waals surface area contributed by atoms with Gasteiger partial charge >= 0.3 is 0 Å². The molecule has 0 spiro atoms. The lowest BCUT2D eigenvalue weighted by molar-refractivity contribution is 0.0342. The van der Waals surface area contributed by atoms with Crippen LogP contribution < -0.4 is 4.90 Å². The molecule has 5 heteroatoms. The Kier molecular flexibility index (Phi) is 4.30. The number of benzene rings is 1. The van der Waals surface area contributed by atoms with Crippen LogP contribution in [0.5, 0.6) is 0 Å². The molecular weight excluding hydrogens is 288 g/mol. The molecular formula is C18H24N4O. The fraction of sp³-hybridized carbons (Fsp3) is 0.500. The number of morpholine rings is 1. The van der Waals surface area contributed by atoms with Gasteiger partial charge < -0.3 is 9.64 Å². The molecule has 2 aliphatic heterocycles. The van der Waals surface area contributed by atoms with Crippen LogP contribution in [-0.2, 0) is 24.2 Å². The summed E-state index contributed by atoms with van der Waals surface area (Å²) in [6.45, 7) is 6.88. The molecule has 1 fully saturated rings. The number of nitrogens with zero attached hydrogens (tertiary/aromatic N) is 3. The van der Waals surface area contributed by atoms with Crippen molar-refractivity contribution in [3.63, 3.8) is 0 Å². The van der Waals surface area contributed by atoms with E-state index in [1.807, 2.05) is 6.20 Å². The van der Waals surface area contributed by atoms with Crippen LogP contribution in [0.1, 0.15) is 23.2 Å². The number of hydrogen-bond acceptors (Lipinski definition) is 4. The Morgan fingerprint density at radius 1 is 1.09 bits per heavy atom. The van der Waals surface area contributed by atoms with Gasteiger partial charge in [0, 0.05) is 32.7 Å². The van der Waals surface area contributed by atoms with E-state index in [2.05, 4.69) is 44.3 Å². The first-order valence-corrected chi connectivity index (χ1v) is 8.53. The number of aromatic nitrogens is 2. The summed E-state index contributed by atoms with van der Waals surface area (Å²) >= 11 is 0. The molecule has 0 amide bonds. The van der Waals surface area contributed by atoms with Gasteiger partial charge in [-0.1, -0.05) is 24.3 Å². The lowest BCUT2D eigenvalue weighted by atomic mass is 10.1. The number of rotatable bonds is 4. The topological polar surface area (TPSA) is 44.4 Å². The molecule has 23 heavy (non-hydrogen) atoms. The molecule has 0 aliphatic carbocycles. The molecule has 2 aromatic rings. The molecule has 0 saturated carbocycles. The highest BCUT2D eigenvalue weighted by Gasteiger charge is 2.18. The molecule has 1 aromatic heterocycles. The molecule has 0 radical (unpaired) electrons. The van der Waals surface area contributed by atoms with E-state index in [4.69, 9.17) is 4.74 Å². The second-order valence-electron chi connectivity index (χ2n) is 6.47. The molecule has 0 atom stereocenters. The lowest BCUT2D eigenvalue weighted by Gasteiger charge is -2.29. The monoisotopic (exact) mass is 312 g/mol. The Labute approximate surface area is 137 Å². The Morgan fingerprint density at radius 3 is 2.78 bits per heavy atom. The maximum Gasteiger partial charge on any atom is 0.0785 e. The summed E-state index contributed by atoms with van der Waals surface area (Å²) in [5, 5.41) is 7.33. The molecule has 2 aliphatic rings. The number of hydrogen-bond donors (Lipinski definition) is 1. The quantitative estimate of drug-likeness (QED) is 0.940. The first-order valence-electron chi connectivity index (χ1n) is 8.53. The summed E-state index contributed by atoms with van der Waals surface area (Å²) in [5.41, 5.74) is 5.33. The highest BCUT2D eigenvalue weighted by atomic mass is 16.5. The van der Waals surface area contributed by atoms with Gasteiger partial charge in [-0.15, -0.1) is 0 Å². The van der Waals surface area contributed by atoms with Crippen molar-refractivity contribution in [3.05, 3.63) is 47.3 Å². The molecule has 122 valence electrons. The van der Waals surface area contributed by atoms with Crippen LogP contribution in [0.3, 0.4) is 0 Å². The average molecular weight is 312 g/mol. The summed E-state index contributed by atoms with van der Waals surface area (Å²) in [6.07, 6.45) is 4.28. The SMILES string of the molecule is c1cc(CN2CCOCC2)cc(CN2CCCc3[nH]ncc32)c1. The minimum Gasteiger partial charge on any atom is -0.379 e. The molecule has 0 unspecified atom stereocenters. The number of aryl methyl sites for hydroxylation is 1. The first-order chi connectivity index (χ1) is 11.4. The number of fused-ring (bicyclic) bond motifs is 1. The van der Waals surface area contributed by atoms with Gasteiger partial charge in [-0.2, -0.15) is 5.10 Å². The summed E-state index contributed by atoms with van der Waals surface area (Å²) < 4.78 is 5.43. The van der Waals surface area contributed by atoms with Crippen molar-refractivity contribution in [1.29, 1.82) is 0 Å². The van der Waals surface area contributed by atoms with Gasteiger partial charge in [-0.05, 0) is 24.0 Å². The van der Waals surface area contributed by atoms with E-state index >= 15 is 0 Å². The Bertz CT molecular complexity index is 648. The summed E-state index contributed by atoms with van der Waals surface area (Å²) in [7, 11) is 0. The van der Waals surface area contributed by atoms with Crippen LogP contribution in [0.15, 0.2) is 30.5 Å². The zero-order valence-electron chi connectivity index (χ0n) is 13.5. The molecule has 1 saturated heterocycles. The van der Waals surface area contributed by atoms with Crippen molar-refractivity contribution >= 4 is 5.69 Å². The van der Waals surface area contributed by atoms with Crippen molar-refractivity contribution in [2.45, 2.75) is 25.9 Å². The van der Waals surface area contributed by atoms with Crippen LogP contribution in [0.4, 0.5) is 5.69 Å². The second kappa shape index (κ2) is 6.72. The summed E-state index contributed by atoms with van der Waals surface area (Å²) in [6, 6.07) is 9.00. The van der Waals surface area contributed by atoms with Crippen LogP contribution in [0.25, 0.3) is 0 Å². The fourth-order valence-corrected chi connectivity index (χ4v) is 3.56. The average Bonchev–Trinajstić information content (AvgIpc) is 3.06. The molecule has 1 aromatic carbocycles. The van der Waals surface area contributed by atoms with Gasteiger partial charge in [0.25, 0.3) is 0 Å². The Balaban J connectivity index is 1.45. The highest BCUT2D eigenvalue weighted by Crippen LogP contribution is 2.26. The van der Waals surface area contributed by atoms with E-state index in [0.717, 1.165) is 52.4 Å².